The largest absolute Gasteiger partial charge is 0.294 e. The molecule has 0 saturated heterocycles. The van der Waals surface area contributed by atoms with Crippen LogP contribution in [0, 0.1) is 19.8 Å². The van der Waals surface area contributed by atoms with Gasteiger partial charge in [0.2, 0.25) is 0 Å². The molecule has 0 amide bonds. The fourth-order valence-electron chi connectivity index (χ4n) is 2.07. The zero-order valence-electron chi connectivity index (χ0n) is 12.1. The van der Waals surface area contributed by atoms with Crippen molar-refractivity contribution >= 4 is 5.78 Å². The van der Waals surface area contributed by atoms with Crippen molar-refractivity contribution in [3.63, 3.8) is 0 Å². The van der Waals surface area contributed by atoms with Gasteiger partial charge in [-0.05, 0) is 36.0 Å². The van der Waals surface area contributed by atoms with Crippen LogP contribution in [-0.2, 0) is 5.41 Å². The average molecular weight is 232 g/mol. The van der Waals surface area contributed by atoms with E-state index in [1.165, 1.54) is 5.56 Å². The molecule has 0 N–H and O–H groups in total. The van der Waals surface area contributed by atoms with Crippen molar-refractivity contribution in [1.82, 2.24) is 0 Å². The molecule has 0 radical (unpaired) electrons. The molecule has 0 aliphatic heterocycles. The average Bonchev–Trinajstić information content (AvgIpc) is 2.14. The smallest absolute Gasteiger partial charge is 0.165 e. The summed E-state index contributed by atoms with van der Waals surface area (Å²) in [5.74, 6) is 0.313. The molecular formula is C16H24O. The number of aryl methyl sites for hydroxylation is 2. The van der Waals surface area contributed by atoms with Crippen LogP contribution in [-0.4, -0.2) is 5.78 Å². The summed E-state index contributed by atoms with van der Waals surface area (Å²) in [6, 6.07) is 4.31. The number of benzene rings is 1. The first-order valence-electron chi connectivity index (χ1n) is 6.30. The molecule has 0 spiro atoms. The lowest BCUT2D eigenvalue weighted by Crippen LogP contribution is -2.16. The maximum Gasteiger partial charge on any atom is 0.165 e. The van der Waals surface area contributed by atoms with Crippen molar-refractivity contribution in [1.29, 1.82) is 0 Å². The van der Waals surface area contributed by atoms with Crippen molar-refractivity contribution in [2.24, 2.45) is 5.92 Å². The molecule has 0 heterocycles. The van der Waals surface area contributed by atoms with Crippen LogP contribution in [0.15, 0.2) is 12.1 Å². The van der Waals surface area contributed by atoms with Gasteiger partial charge in [0, 0.05) is 11.5 Å². The molecule has 0 aromatic heterocycles. The summed E-state index contributed by atoms with van der Waals surface area (Å²) < 4.78 is 0. The Labute approximate surface area is 105 Å². The van der Waals surface area contributed by atoms with Gasteiger partial charge >= 0.3 is 0 Å². The van der Waals surface area contributed by atoms with Crippen molar-refractivity contribution in [3.8, 4) is 0 Å². The summed E-state index contributed by atoms with van der Waals surface area (Å²) in [6.45, 7) is 14.6. The summed E-state index contributed by atoms with van der Waals surface area (Å²) in [5, 5.41) is 0. The minimum Gasteiger partial charge on any atom is -0.294 e. The van der Waals surface area contributed by atoms with E-state index >= 15 is 0 Å². The number of hydrogen-bond acceptors (Lipinski definition) is 1. The van der Waals surface area contributed by atoms with Crippen LogP contribution >= 0.6 is 0 Å². The Morgan fingerprint density at radius 1 is 1.06 bits per heavy atom. The van der Waals surface area contributed by atoms with Gasteiger partial charge in [-0.2, -0.15) is 0 Å². The molecule has 17 heavy (non-hydrogen) atoms. The highest BCUT2D eigenvalue weighted by atomic mass is 16.1. The normalized spacial score (nSPS) is 12.0. The summed E-state index contributed by atoms with van der Waals surface area (Å²) >= 11 is 0. The quantitative estimate of drug-likeness (QED) is 0.689. The zero-order chi connectivity index (χ0) is 13.4. The van der Waals surface area contributed by atoms with Crippen molar-refractivity contribution < 1.29 is 4.79 Å². The Balaban J connectivity index is 3.35. The maximum absolute atomic E-state index is 12.1. The number of hydrogen-bond donors (Lipinski definition) is 0. The van der Waals surface area contributed by atoms with Crippen molar-refractivity contribution in [2.75, 3.05) is 0 Å². The lowest BCUT2D eigenvalue weighted by Gasteiger charge is -2.22. The van der Waals surface area contributed by atoms with Gasteiger partial charge in [-0.15, -0.1) is 0 Å². The lowest BCUT2D eigenvalue weighted by atomic mass is 9.82. The first-order valence-corrected chi connectivity index (χ1v) is 6.30. The molecule has 0 aliphatic carbocycles. The van der Waals surface area contributed by atoms with E-state index in [9.17, 15) is 4.79 Å². The first-order chi connectivity index (χ1) is 7.64. The zero-order valence-corrected chi connectivity index (χ0v) is 12.1. The van der Waals surface area contributed by atoms with Gasteiger partial charge in [0.1, 0.15) is 0 Å². The highest BCUT2D eigenvalue weighted by Crippen LogP contribution is 2.28. The molecule has 1 heteroatoms. The topological polar surface area (TPSA) is 17.1 Å². The second-order valence-electron chi connectivity index (χ2n) is 6.25. The fraction of sp³-hybridized carbons (Fsp3) is 0.562. The summed E-state index contributed by atoms with van der Waals surface area (Å²) in [5.41, 5.74) is 4.55. The van der Waals surface area contributed by atoms with E-state index in [1.54, 1.807) is 0 Å². The summed E-state index contributed by atoms with van der Waals surface area (Å²) in [4.78, 5) is 12.1. The molecule has 1 aromatic rings. The Bertz CT molecular complexity index is 410. The molecule has 0 unspecified atom stereocenters. The van der Waals surface area contributed by atoms with E-state index in [2.05, 4.69) is 32.9 Å². The number of Topliss-reactive ketones (excluding diaryl/α,β-unsaturated/α-hetero) is 1. The van der Waals surface area contributed by atoms with Crippen LogP contribution in [0.5, 0.6) is 0 Å². The molecule has 0 fully saturated rings. The van der Waals surface area contributed by atoms with Crippen LogP contribution < -0.4 is 0 Å². The third kappa shape index (κ3) is 2.96. The van der Waals surface area contributed by atoms with Crippen LogP contribution in [0.25, 0.3) is 0 Å². The van der Waals surface area contributed by atoms with Crippen molar-refractivity contribution in [3.05, 3.63) is 34.4 Å². The Morgan fingerprint density at radius 3 is 1.76 bits per heavy atom. The highest BCUT2D eigenvalue weighted by Gasteiger charge is 2.20. The highest BCUT2D eigenvalue weighted by molar-refractivity contribution is 6.00. The molecule has 1 rings (SSSR count). The molecule has 1 nitrogen and oxygen atoms in total. The van der Waals surface area contributed by atoms with Crippen LogP contribution in [0.4, 0.5) is 0 Å². The van der Waals surface area contributed by atoms with Crippen molar-refractivity contribution in [2.45, 2.75) is 53.9 Å². The third-order valence-corrected chi connectivity index (χ3v) is 3.17. The summed E-state index contributed by atoms with van der Waals surface area (Å²) in [7, 11) is 0. The van der Waals surface area contributed by atoms with Gasteiger partial charge in [0.15, 0.2) is 5.78 Å². The fourth-order valence-corrected chi connectivity index (χ4v) is 2.07. The van der Waals surface area contributed by atoms with E-state index in [-0.39, 0.29) is 17.1 Å². The van der Waals surface area contributed by atoms with E-state index in [1.807, 2.05) is 27.7 Å². The maximum atomic E-state index is 12.1. The molecular weight excluding hydrogens is 208 g/mol. The van der Waals surface area contributed by atoms with E-state index in [0.717, 1.165) is 16.7 Å². The van der Waals surface area contributed by atoms with E-state index in [4.69, 9.17) is 0 Å². The van der Waals surface area contributed by atoms with Gasteiger partial charge < -0.3 is 0 Å². The molecule has 0 atom stereocenters. The second-order valence-corrected chi connectivity index (χ2v) is 6.25. The monoisotopic (exact) mass is 232 g/mol. The Morgan fingerprint density at radius 2 is 1.47 bits per heavy atom. The lowest BCUT2D eigenvalue weighted by molar-refractivity contribution is 0.0938. The van der Waals surface area contributed by atoms with E-state index in [0.29, 0.717) is 0 Å². The van der Waals surface area contributed by atoms with Gasteiger partial charge in [0.05, 0.1) is 0 Å². The minimum atomic E-state index is 0.0629. The number of carbonyl (C=O) groups excluding carboxylic acids is 1. The number of carbonyl (C=O) groups is 1. The van der Waals surface area contributed by atoms with Crippen LogP contribution in [0.3, 0.4) is 0 Å². The molecule has 0 saturated carbocycles. The van der Waals surface area contributed by atoms with Crippen LogP contribution in [0.2, 0.25) is 0 Å². The first kappa shape index (κ1) is 14.0. The van der Waals surface area contributed by atoms with Gasteiger partial charge in [-0.1, -0.05) is 46.8 Å². The second kappa shape index (κ2) is 4.64. The molecule has 0 bridgehead atoms. The summed E-state index contributed by atoms with van der Waals surface area (Å²) in [6.07, 6.45) is 0. The van der Waals surface area contributed by atoms with Gasteiger partial charge in [-0.3, -0.25) is 4.79 Å². The van der Waals surface area contributed by atoms with Crippen LogP contribution in [0.1, 0.15) is 61.7 Å². The van der Waals surface area contributed by atoms with Gasteiger partial charge in [0.25, 0.3) is 0 Å². The predicted octanol–water partition coefficient (Wildman–Crippen LogP) is 4.44. The van der Waals surface area contributed by atoms with E-state index < -0.39 is 0 Å². The molecule has 1 aromatic carbocycles. The Kier molecular flexibility index (Phi) is 3.81. The molecule has 94 valence electrons. The minimum absolute atomic E-state index is 0.0629. The van der Waals surface area contributed by atoms with Gasteiger partial charge in [-0.25, -0.2) is 0 Å². The SMILES string of the molecule is Cc1cc(C(C)(C)C)cc(C)c1C(=O)C(C)C. The number of ketones is 1. The predicted molar refractivity (Wildman–Crippen MR) is 73.8 cm³/mol. The third-order valence-electron chi connectivity index (χ3n) is 3.17. The Hall–Kier alpha value is -1.11. The number of rotatable bonds is 2. The molecule has 0 aliphatic rings. The standard InChI is InChI=1S/C16H24O/c1-10(2)15(17)14-11(3)8-13(9-12(14)4)16(5,6)7/h8-10H,1-7H3.